The van der Waals surface area contributed by atoms with Crippen LogP contribution in [0, 0.1) is 5.41 Å². The maximum atomic E-state index is 12.6. The van der Waals surface area contributed by atoms with Gasteiger partial charge in [0.25, 0.3) is 11.5 Å². The van der Waals surface area contributed by atoms with E-state index >= 15 is 0 Å². The van der Waals surface area contributed by atoms with Crippen molar-refractivity contribution in [1.29, 1.82) is 0 Å². The van der Waals surface area contributed by atoms with Gasteiger partial charge in [-0.3, -0.25) is 9.59 Å². The van der Waals surface area contributed by atoms with Crippen molar-refractivity contribution in [2.24, 2.45) is 11.1 Å². The number of nitrogens with one attached hydrogen (secondary N) is 1. The summed E-state index contributed by atoms with van der Waals surface area (Å²) in [7, 11) is 1.71. The van der Waals surface area contributed by atoms with Crippen LogP contribution in [0.25, 0.3) is 10.8 Å². The summed E-state index contributed by atoms with van der Waals surface area (Å²) in [4.78, 5) is 25.9. The highest BCUT2D eigenvalue weighted by molar-refractivity contribution is 6.04. The Morgan fingerprint density at radius 1 is 1.33 bits per heavy atom. The summed E-state index contributed by atoms with van der Waals surface area (Å²) >= 11 is 0. The molecule has 0 aliphatic heterocycles. The van der Waals surface area contributed by atoms with Gasteiger partial charge in [0.2, 0.25) is 0 Å². The van der Waals surface area contributed by atoms with E-state index in [2.05, 4.69) is 10.2 Å². The van der Waals surface area contributed by atoms with E-state index in [0.717, 1.165) is 0 Å². The largest absolute Gasteiger partial charge is 0.340 e. The van der Waals surface area contributed by atoms with Gasteiger partial charge < -0.3 is 10.6 Å². The molecule has 0 fully saturated rings. The Balaban J connectivity index is 2.41. The summed E-state index contributed by atoms with van der Waals surface area (Å²) in [5, 5.41) is 7.32. The van der Waals surface area contributed by atoms with Crippen LogP contribution in [0.4, 0.5) is 0 Å². The summed E-state index contributed by atoms with van der Waals surface area (Å²) in [5.74, 6) is -0.232. The predicted molar refractivity (Wildman–Crippen MR) is 82.2 cm³/mol. The number of carbonyl (C=O) groups is 1. The lowest BCUT2D eigenvalue weighted by molar-refractivity contribution is 0.0735. The second-order valence-electron chi connectivity index (χ2n) is 5.98. The number of carbonyl (C=O) groups excluding carboxylic acids is 1. The van der Waals surface area contributed by atoms with Gasteiger partial charge in [-0.05, 0) is 18.0 Å². The van der Waals surface area contributed by atoms with Crippen molar-refractivity contribution >= 4 is 16.7 Å². The number of aromatic amines is 1. The van der Waals surface area contributed by atoms with Crippen LogP contribution in [-0.4, -0.2) is 41.1 Å². The summed E-state index contributed by atoms with van der Waals surface area (Å²) in [6, 6.07) is 6.94. The molecule has 0 spiro atoms. The number of benzene rings is 1. The first-order valence-corrected chi connectivity index (χ1v) is 6.79. The molecule has 0 radical (unpaired) electrons. The summed E-state index contributed by atoms with van der Waals surface area (Å²) in [6.07, 6.45) is 0. The molecule has 112 valence electrons. The number of nitrogens with two attached hydrogens (primary N) is 1. The first kappa shape index (κ1) is 15.2. The molecule has 2 rings (SSSR count). The Labute approximate surface area is 122 Å². The Bertz CT molecular complexity index is 721. The van der Waals surface area contributed by atoms with Crippen molar-refractivity contribution in [2.75, 3.05) is 20.1 Å². The Morgan fingerprint density at radius 3 is 2.57 bits per heavy atom. The maximum absolute atomic E-state index is 12.6. The topological polar surface area (TPSA) is 92.1 Å². The van der Waals surface area contributed by atoms with Crippen LogP contribution >= 0.6 is 0 Å². The highest BCUT2D eigenvalue weighted by atomic mass is 16.2. The lowest BCUT2D eigenvalue weighted by atomic mass is 9.93. The van der Waals surface area contributed by atoms with Gasteiger partial charge in [-0.2, -0.15) is 5.10 Å². The fourth-order valence-electron chi connectivity index (χ4n) is 2.24. The number of H-pyrrole nitrogens is 1. The van der Waals surface area contributed by atoms with Crippen LogP contribution in [0.3, 0.4) is 0 Å². The average Bonchev–Trinajstić information content (AvgIpc) is 2.47. The molecule has 0 bridgehead atoms. The van der Waals surface area contributed by atoms with E-state index in [-0.39, 0.29) is 22.6 Å². The van der Waals surface area contributed by atoms with E-state index in [1.807, 2.05) is 13.8 Å². The van der Waals surface area contributed by atoms with Crippen molar-refractivity contribution in [2.45, 2.75) is 13.8 Å². The summed E-state index contributed by atoms with van der Waals surface area (Å²) < 4.78 is 0. The van der Waals surface area contributed by atoms with Crippen LogP contribution in [-0.2, 0) is 0 Å². The molecule has 0 saturated heterocycles. The fourth-order valence-corrected chi connectivity index (χ4v) is 2.24. The number of amides is 1. The van der Waals surface area contributed by atoms with E-state index in [1.165, 1.54) is 0 Å². The number of fused-ring (bicyclic) bond motifs is 1. The third-order valence-electron chi connectivity index (χ3n) is 3.46. The second kappa shape index (κ2) is 5.65. The van der Waals surface area contributed by atoms with Gasteiger partial charge in [-0.25, -0.2) is 5.10 Å². The lowest BCUT2D eigenvalue weighted by Gasteiger charge is -2.28. The van der Waals surface area contributed by atoms with E-state index in [1.54, 1.807) is 36.2 Å². The number of hydrogen-bond donors (Lipinski definition) is 2. The van der Waals surface area contributed by atoms with Crippen LogP contribution in [0.15, 0.2) is 29.1 Å². The number of nitrogens with zero attached hydrogens (tertiary/aromatic N) is 2. The second-order valence-corrected chi connectivity index (χ2v) is 5.98. The van der Waals surface area contributed by atoms with Crippen LogP contribution in [0.5, 0.6) is 0 Å². The Hall–Kier alpha value is -2.21. The minimum atomic E-state index is -0.299. The molecule has 0 atom stereocenters. The molecule has 0 aliphatic rings. The zero-order valence-electron chi connectivity index (χ0n) is 12.5. The van der Waals surface area contributed by atoms with Crippen LogP contribution < -0.4 is 11.3 Å². The third-order valence-corrected chi connectivity index (χ3v) is 3.46. The van der Waals surface area contributed by atoms with Crippen LogP contribution in [0.1, 0.15) is 24.3 Å². The molecule has 1 heterocycles. The van der Waals surface area contributed by atoms with E-state index in [0.29, 0.717) is 23.9 Å². The minimum Gasteiger partial charge on any atom is -0.340 e. The summed E-state index contributed by atoms with van der Waals surface area (Å²) in [5.41, 5.74) is 5.48. The van der Waals surface area contributed by atoms with E-state index < -0.39 is 0 Å². The van der Waals surface area contributed by atoms with Gasteiger partial charge >= 0.3 is 0 Å². The van der Waals surface area contributed by atoms with Gasteiger partial charge in [0.1, 0.15) is 0 Å². The van der Waals surface area contributed by atoms with Crippen molar-refractivity contribution in [3.63, 3.8) is 0 Å². The van der Waals surface area contributed by atoms with Gasteiger partial charge in [0.05, 0.1) is 5.39 Å². The molecule has 0 aliphatic carbocycles. The van der Waals surface area contributed by atoms with Gasteiger partial charge in [-0.15, -0.1) is 0 Å². The number of hydrogen-bond acceptors (Lipinski definition) is 4. The summed E-state index contributed by atoms with van der Waals surface area (Å²) in [6.45, 7) is 4.98. The number of rotatable bonds is 4. The average molecular weight is 288 g/mol. The molecule has 1 aromatic heterocycles. The van der Waals surface area contributed by atoms with Gasteiger partial charge in [0, 0.05) is 19.0 Å². The number of aromatic nitrogens is 2. The molecule has 1 amide bonds. The van der Waals surface area contributed by atoms with Gasteiger partial charge in [-0.1, -0.05) is 32.0 Å². The van der Waals surface area contributed by atoms with Crippen molar-refractivity contribution < 1.29 is 4.79 Å². The Kier molecular flexibility index (Phi) is 4.09. The quantitative estimate of drug-likeness (QED) is 0.877. The molecular formula is C15H20N4O2. The normalized spacial score (nSPS) is 11.6. The highest BCUT2D eigenvalue weighted by Gasteiger charge is 2.24. The molecule has 6 heteroatoms. The molecule has 0 saturated carbocycles. The fraction of sp³-hybridized carbons (Fsp3) is 0.400. The highest BCUT2D eigenvalue weighted by Crippen LogP contribution is 2.18. The molecule has 1 aromatic carbocycles. The molecule has 0 unspecified atom stereocenters. The molecule has 3 N–H and O–H groups in total. The van der Waals surface area contributed by atoms with Crippen molar-refractivity contribution in [1.82, 2.24) is 15.1 Å². The Morgan fingerprint density at radius 2 is 1.95 bits per heavy atom. The molecular weight excluding hydrogens is 268 g/mol. The lowest BCUT2D eigenvalue weighted by Crippen LogP contribution is -2.40. The van der Waals surface area contributed by atoms with E-state index in [9.17, 15) is 9.59 Å². The molecule has 2 aromatic rings. The zero-order chi connectivity index (χ0) is 15.6. The maximum Gasteiger partial charge on any atom is 0.274 e. The first-order valence-electron chi connectivity index (χ1n) is 6.79. The minimum absolute atomic E-state index is 0.178. The monoisotopic (exact) mass is 288 g/mol. The van der Waals surface area contributed by atoms with E-state index in [4.69, 9.17) is 5.73 Å². The third kappa shape index (κ3) is 3.11. The first-order chi connectivity index (χ1) is 9.85. The van der Waals surface area contributed by atoms with Gasteiger partial charge in [0.15, 0.2) is 5.69 Å². The predicted octanol–water partition coefficient (Wildman–Crippen LogP) is 0.980. The molecule has 6 nitrogen and oxygen atoms in total. The van der Waals surface area contributed by atoms with Crippen molar-refractivity contribution in [3.05, 3.63) is 40.3 Å². The van der Waals surface area contributed by atoms with Crippen molar-refractivity contribution in [3.8, 4) is 0 Å². The SMILES string of the molecule is CN(CC(C)(C)CN)C(=O)c1n[nH]c(=O)c2ccccc12. The smallest absolute Gasteiger partial charge is 0.274 e. The van der Waals surface area contributed by atoms with Crippen LogP contribution in [0.2, 0.25) is 0 Å². The zero-order valence-corrected chi connectivity index (χ0v) is 12.5. The molecule has 21 heavy (non-hydrogen) atoms. The standard InChI is InChI=1S/C15H20N4O2/c1-15(2,8-16)9-19(3)14(21)12-10-6-4-5-7-11(10)13(20)18-17-12/h4-7H,8-9,16H2,1-3H3,(H,18,20).